The molecule has 6 heteroatoms. The second kappa shape index (κ2) is 6.63. The number of thiazole rings is 1. The predicted octanol–water partition coefficient (Wildman–Crippen LogP) is 3.81. The van der Waals surface area contributed by atoms with Gasteiger partial charge in [-0.15, -0.1) is 0 Å². The second-order valence-corrected chi connectivity index (χ2v) is 7.63. The number of anilines is 1. The number of fused-ring (bicyclic) bond motifs is 2. The molecule has 0 aliphatic carbocycles. The summed E-state index contributed by atoms with van der Waals surface area (Å²) in [5.74, 6) is 0.00995. The molecule has 5 rings (SSSR count). The molecule has 0 saturated carbocycles. The molecule has 3 heterocycles. The first-order valence-corrected chi connectivity index (χ1v) is 9.85. The molecular weight excluding hydrogens is 356 g/mol. The van der Waals surface area contributed by atoms with Gasteiger partial charge in [-0.05, 0) is 23.6 Å². The Balaban J connectivity index is 1.34. The Morgan fingerprint density at radius 1 is 0.926 bits per heavy atom. The first-order valence-electron chi connectivity index (χ1n) is 9.03. The van der Waals surface area contributed by atoms with Gasteiger partial charge in [0.25, 0.3) is 5.91 Å². The molecule has 27 heavy (non-hydrogen) atoms. The van der Waals surface area contributed by atoms with Crippen LogP contribution in [0, 0.1) is 0 Å². The zero-order valence-electron chi connectivity index (χ0n) is 14.7. The topological polar surface area (TPSA) is 49.3 Å². The maximum Gasteiger partial charge on any atom is 0.273 e. The van der Waals surface area contributed by atoms with Crippen molar-refractivity contribution in [2.75, 3.05) is 31.1 Å². The Labute approximate surface area is 160 Å². The molecule has 0 radical (unpaired) electrons. The number of carbonyl (C=O) groups excluding carboxylic acids is 1. The van der Waals surface area contributed by atoms with E-state index < -0.39 is 0 Å². The molecule has 5 nitrogen and oxygen atoms in total. The summed E-state index contributed by atoms with van der Waals surface area (Å²) in [7, 11) is 0. The van der Waals surface area contributed by atoms with Crippen LogP contribution in [0.5, 0.6) is 0 Å². The Kier molecular flexibility index (Phi) is 3.98. The summed E-state index contributed by atoms with van der Waals surface area (Å²) >= 11 is 1.71. The van der Waals surface area contributed by atoms with Crippen molar-refractivity contribution in [1.82, 2.24) is 14.9 Å². The monoisotopic (exact) mass is 374 g/mol. The summed E-state index contributed by atoms with van der Waals surface area (Å²) in [6.45, 7) is 2.94. The molecule has 0 spiro atoms. The third kappa shape index (κ3) is 2.92. The van der Waals surface area contributed by atoms with Crippen LogP contribution in [0.4, 0.5) is 5.13 Å². The highest BCUT2D eigenvalue weighted by Crippen LogP contribution is 2.29. The van der Waals surface area contributed by atoms with Crippen molar-refractivity contribution in [2.45, 2.75) is 0 Å². The Bertz CT molecular complexity index is 1090. The van der Waals surface area contributed by atoms with Gasteiger partial charge in [0, 0.05) is 37.8 Å². The molecule has 1 aliphatic rings. The van der Waals surface area contributed by atoms with E-state index in [1.807, 2.05) is 53.4 Å². The minimum absolute atomic E-state index is 0.00995. The minimum Gasteiger partial charge on any atom is -0.345 e. The molecule has 4 aromatic rings. The second-order valence-electron chi connectivity index (χ2n) is 6.62. The van der Waals surface area contributed by atoms with Gasteiger partial charge in [0.1, 0.15) is 5.69 Å². The average molecular weight is 374 g/mol. The van der Waals surface area contributed by atoms with Gasteiger partial charge in [0.15, 0.2) is 5.13 Å². The van der Waals surface area contributed by atoms with E-state index in [0.29, 0.717) is 18.8 Å². The zero-order chi connectivity index (χ0) is 18.2. The third-order valence-electron chi connectivity index (χ3n) is 5.00. The van der Waals surface area contributed by atoms with Gasteiger partial charge in [0.2, 0.25) is 0 Å². The highest BCUT2D eigenvalue weighted by Gasteiger charge is 2.25. The first-order chi connectivity index (χ1) is 13.3. The van der Waals surface area contributed by atoms with E-state index in [9.17, 15) is 4.79 Å². The maximum absolute atomic E-state index is 13.0. The summed E-state index contributed by atoms with van der Waals surface area (Å²) in [6, 6.07) is 18.0. The first kappa shape index (κ1) is 16.2. The number of hydrogen-bond acceptors (Lipinski definition) is 5. The van der Waals surface area contributed by atoms with Crippen LogP contribution in [0.1, 0.15) is 10.5 Å². The quantitative estimate of drug-likeness (QED) is 0.535. The van der Waals surface area contributed by atoms with Gasteiger partial charge < -0.3 is 9.80 Å². The van der Waals surface area contributed by atoms with E-state index in [0.717, 1.165) is 34.5 Å². The Morgan fingerprint density at radius 3 is 2.56 bits per heavy atom. The molecule has 1 fully saturated rings. The van der Waals surface area contributed by atoms with Gasteiger partial charge in [-0.25, -0.2) is 4.98 Å². The van der Waals surface area contributed by atoms with Gasteiger partial charge in [-0.3, -0.25) is 9.78 Å². The normalized spacial score (nSPS) is 14.8. The molecule has 0 unspecified atom stereocenters. The van der Waals surface area contributed by atoms with Crippen LogP contribution in [-0.4, -0.2) is 47.0 Å². The fourth-order valence-electron chi connectivity index (χ4n) is 3.54. The molecule has 0 bridgehead atoms. The van der Waals surface area contributed by atoms with E-state index in [4.69, 9.17) is 4.98 Å². The number of carbonyl (C=O) groups is 1. The van der Waals surface area contributed by atoms with Crippen molar-refractivity contribution in [3.8, 4) is 0 Å². The molecule has 2 aromatic carbocycles. The predicted molar refractivity (Wildman–Crippen MR) is 109 cm³/mol. The minimum atomic E-state index is 0.00995. The number of amides is 1. The number of nitrogens with zero attached hydrogens (tertiary/aromatic N) is 4. The number of hydrogen-bond donors (Lipinski definition) is 0. The highest BCUT2D eigenvalue weighted by molar-refractivity contribution is 7.22. The summed E-state index contributed by atoms with van der Waals surface area (Å²) in [5.41, 5.74) is 1.58. The Morgan fingerprint density at radius 2 is 1.70 bits per heavy atom. The van der Waals surface area contributed by atoms with E-state index in [2.05, 4.69) is 16.0 Å². The van der Waals surface area contributed by atoms with Gasteiger partial charge >= 0.3 is 0 Å². The number of rotatable bonds is 2. The molecule has 134 valence electrons. The lowest BCUT2D eigenvalue weighted by Gasteiger charge is -2.34. The van der Waals surface area contributed by atoms with Crippen molar-refractivity contribution in [3.63, 3.8) is 0 Å². The van der Waals surface area contributed by atoms with Crippen LogP contribution in [-0.2, 0) is 0 Å². The third-order valence-corrected chi connectivity index (χ3v) is 6.09. The van der Waals surface area contributed by atoms with Gasteiger partial charge in [-0.1, -0.05) is 47.7 Å². The lowest BCUT2D eigenvalue weighted by Crippen LogP contribution is -2.49. The standard InChI is InChI=1S/C21H18N4OS/c26-20(19-16-6-2-1-5-15(16)9-10-22-19)24-11-13-25(14-12-24)21-23-17-7-3-4-8-18(17)27-21/h1-10H,11-14H2. The van der Waals surface area contributed by atoms with Crippen LogP contribution in [0.15, 0.2) is 60.8 Å². The van der Waals surface area contributed by atoms with Crippen molar-refractivity contribution >= 4 is 43.4 Å². The molecule has 2 aromatic heterocycles. The van der Waals surface area contributed by atoms with Crippen LogP contribution in [0.2, 0.25) is 0 Å². The van der Waals surface area contributed by atoms with Crippen LogP contribution >= 0.6 is 11.3 Å². The van der Waals surface area contributed by atoms with Crippen LogP contribution in [0.25, 0.3) is 21.0 Å². The van der Waals surface area contributed by atoms with E-state index in [-0.39, 0.29) is 5.91 Å². The number of para-hydroxylation sites is 1. The van der Waals surface area contributed by atoms with Crippen LogP contribution < -0.4 is 4.90 Å². The lowest BCUT2D eigenvalue weighted by molar-refractivity contribution is 0.0743. The maximum atomic E-state index is 13.0. The van der Waals surface area contributed by atoms with E-state index in [1.165, 1.54) is 4.70 Å². The highest BCUT2D eigenvalue weighted by atomic mass is 32.1. The molecule has 0 N–H and O–H groups in total. The van der Waals surface area contributed by atoms with Crippen molar-refractivity contribution in [1.29, 1.82) is 0 Å². The summed E-state index contributed by atoms with van der Waals surface area (Å²) in [4.78, 5) is 26.3. The van der Waals surface area contributed by atoms with Crippen molar-refractivity contribution in [2.24, 2.45) is 0 Å². The van der Waals surface area contributed by atoms with Crippen LogP contribution in [0.3, 0.4) is 0 Å². The molecule has 1 saturated heterocycles. The fraction of sp³-hybridized carbons (Fsp3) is 0.190. The molecule has 1 aliphatic heterocycles. The van der Waals surface area contributed by atoms with E-state index >= 15 is 0 Å². The summed E-state index contributed by atoms with van der Waals surface area (Å²) in [6.07, 6.45) is 1.72. The van der Waals surface area contributed by atoms with Crippen molar-refractivity contribution < 1.29 is 4.79 Å². The molecule has 1 amide bonds. The van der Waals surface area contributed by atoms with Crippen molar-refractivity contribution in [3.05, 3.63) is 66.5 Å². The zero-order valence-corrected chi connectivity index (χ0v) is 15.5. The summed E-state index contributed by atoms with van der Waals surface area (Å²) < 4.78 is 1.20. The molecule has 0 atom stereocenters. The van der Waals surface area contributed by atoms with Gasteiger partial charge in [-0.2, -0.15) is 0 Å². The number of benzene rings is 2. The SMILES string of the molecule is O=C(c1nccc2ccccc12)N1CCN(c2nc3ccccc3s2)CC1. The summed E-state index contributed by atoms with van der Waals surface area (Å²) in [5, 5.41) is 2.99. The fourth-order valence-corrected chi connectivity index (χ4v) is 4.55. The van der Waals surface area contributed by atoms with Gasteiger partial charge in [0.05, 0.1) is 10.2 Å². The number of aromatic nitrogens is 2. The largest absolute Gasteiger partial charge is 0.345 e. The molecular formula is C21H18N4OS. The smallest absolute Gasteiger partial charge is 0.273 e. The van der Waals surface area contributed by atoms with E-state index in [1.54, 1.807) is 17.5 Å². The average Bonchev–Trinajstić information content (AvgIpc) is 3.17. The number of piperazine rings is 1. The number of pyridine rings is 1. The lowest BCUT2D eigenvalue weighted by atomic mass is 10.1. The Hall–Kier alpha value is -2.99.